The highest BCUT2D eigenvalue weighted by atomic mass is 19.1. The van der Waals surface area contributed by atoms with E-state index in [-0.39, 0.29) is 23.8 Å². The molecule has 1 aromatic heterocycles. The number of amides is 1. The van der Waals surface area contributed by atoms with Gasteiger partial charge in [0.15, 0.2) is 0 Å². The van der Waals surface area contributed by atoms with Crippen molar-refractivity contribution in [3.8, 4) is 0 Å². The van der Waals surface area contributed by atoms with Gasteiger partial charge in [-0.2, -0.15) is 15.4 Å². The van der Waals surface area contributed by atoms with Crippen molar-refractivity contribution in [2.24, 2.45) is 0 Å². The molecule has 6 nitrogen and oxygen atoms in total. The van der Waals surface area contributed by atoms with E-state index in [2.05, 4.69) is 25.6 Å². The molecular weight excluding hydrogens is 297 g/mol. The van der Waals surface area contributed by atoms with Crippen LogP contribution in [0.5, 0.6) is 0 Å². The fraction of sp³-hybridized carbons (Fsp3) is 0.438. The topological polar surface area (TPSA) is 73.9 Å². The van der Waals surface area contributed by atoms with Crippen LogP contribution >= 0.6 is 0 Å². The van der Waals surface area contributed by atoms with Crippen molar-refractivity contribution in [3.63, 3.8) is 0 Å². The highest BCUT2D eigenvalue weighted by Gasteiger charge is 2.28. The minimum Gasteiger partial charge on any atom is -0.348 e. The number of rotatable bonds is 4. The molecule has 1 aliphatic heterocycles. The Hall–Kier alpha value is -2.28. The largest absolute Gasteiger partial charge is 0.348 e. The van der Waals surface area contributed by atoms with Gasteiger partial charge in [0.1, 0.15) is 5.82 Å². The van der Waals surface area contributed by atoms with Gasteiger partial charge < -0.3 is 5.32 Å². The van der Waals surface area contributed by atoms with Crippen molar-refractivity contribution < 1.29 is 9.18 Å². The van der Waals surface area contributed by atoms with E-state index < -0.39 is 0 Å². The van der Waals surface area contributed by atoms with E-state index in [0.717, 1.165) is 29.9 Å². The molecule has 0 bridgehead atoms. The molecule has 0 aliphatic carbocycles. The van der Waals surface area contributed by atoms with Crippen molar-refractivity contribution >= 4 is 5.91 Å². The zero-order chi connectivity index (χ0) is 16.4. The van der Waals surface area contributed by atoms with Crippen LogP contribution in [0.2, 0.25) is 0 Å². The van der Waals surface area contributed by atoms with Crippen molar-refractivity contribution in [3.05, 3.63) is 47.0 Å². The Morgan fingerprint density at radius 2 is 1.96 bits per heavy atom. The van der Waals surface area contributed by atoms with Crippen molar-refractivity contribution in [1.29, 1.82) is 0 Å². The summed E-state index contributed by atoms with van der Waals surface area (Å²) >= 11 is 0. The third-order valence-electron chi connectivity index (χ3n) is 4.35. The normalized spacial score (nSPS) is 17.3. The fourth-order valence-electron chi connectivity index (χ4n) is 2.79. The standard InChI is InChI=1S/C16H20FN5O/c1-10(12-3-5-13(17)6-4-12)18-16(23)11(2)22-8-7-14-15(9-22)20-21-19-14/h3-6,10-11H,7-9H2,1-2H3,(H,18,23)(H,19,20,21). The summed E-state index contributed by atoms with van der Waals surface area (Å²) in [5.41, 5.74) is 2.76. The van der Waals surface area contributed by atoms with E-state index in [1.807, 2.05) is 13.8 Å². The van der Waals surface area contributed by atoms with E-state index in [1.54, 1.807) is 12.1 Å². The molecule has 0 spiro atoms. The molecule has 3 rings (SSSR count). The molecule has 2 N–H and O–H groups in total. The molecule has 1 aromatic carbocycles. The van der Waals surface area contributed by atoms with E-state index >= 15 is 0 Å². The van der Waals surface area contributed by atoms with Gasteiger partial charge in [0.05, 0.1) is 23.5 Å². The fourth-order valence-corrected chi connectivity index (χ4v) is 2.79. The molecule has 122 valence electrons. The van der Waals surface area contributed by atoms with Gasteiger partial charge in [-0.3, -0.25) is 9.69 Å². The van der Waals surface area contributed by atoms with Gasteiger partial charge in [-0.05, 0) is 31.5 Å². The van der Waals surface area contributed by atoms with Crippen LogP contribution in [0.4, 0.5) is 4.39 Å². The van der Waals surface area contributed by atoms with Crippen LogP contribution < -0.4 is 5.32 Å². The number of halogens is 1. The number of carbonyl (C=O) groups is 1. The summed E-state index contributed by atoms with van der Waals surface area (Å²) in [6.07, 6.45) is 0.789. The summed E-state index contributed by atoms with van der Waals surface area (Å²) in [6, 6.07) is 5.75. The van der Waals surface area contributed by atoms with Crippen molar-refractivity contribution in [2.45, 2.75) is 38.9 Å². The first-order chi connectivity index (χ1) is 11.0. The number of benzene rings is 1. The Morgan fingerprint density at radius 3 is 2.70 bits per heavy atom. The SMILES string of the molecule is CC(NC(=O)C(C)N1CCc2n[nH]nc2C1)c1ccc(F)cc1. The summed E-state index contributed by atoms with van der Waals surface area (Å²) in [6.45, 7) is 5.17. The monoisotopic (exact) mass is 317 g/mol. The van der Waals surface area contributed by atoms with E-state index in [4.69, 9.17) is 0 Å². The van der Waals surface area contributed by atoms with Crippen LogP contribution in [0.3, 0.4) is 0 Å². The van der Waals surface area contributed by atoms with Crippen LogP contribution in [0.1, 0.15) is 36.8 Å². The Kier molecular flexibility index (Phi) is 4.38. The Labute approximate surface area is 134 Å². The minimum absolute atomic E-state index is 0.0474. The number of aromatic amines is 1. The molecule has 2 unspecified atom stereocenters. The maximum atomic E-state index is 13.0. The van der Waals surface area contributed by atoms with Gasteiger partial charge in [0.2, 0.25) is 5.91 Å². The molecule has 2 heterocycles. The number of H-pyrrole nitrogens is 1. The zero-order valence-corrected chi connectivity index (χ0v) is 13.2. The molecule has 1 aliphatic rings. The minimum atomic E-state index is -0.280. The van der Waals surface area contributed by atoms with Crippen molar-refractivity contribution in [2.75, 3.05) is 6.54 Å². The van der Waals surface area contributed by atoms with Crippen molar-refractivity contribution in [1.82, 2.24) is 25.6 Å². The van der Waals surface area contributed by atoms with E-state index in [0.29, 0.717) is 6.54 Å². The summed E-state index contributed by atoms with van der Waals surface area (Å²) in [7, 11) is 0. The number of aromatic nitrogens is 3. The first-order valence-electron chi connectivity index (χ1n) is 7.73. The number of nitrogens with one attached hydrogen (secondary N) is 2. The summed E-state index contributed by atoms with van der Waals surface area (Å²) in [5, 5.41) is 13.8. The Morgan fingerprint density at radius 1 is 1.26 bits per heavy atom. The van der Waals surface area contributed by atoms with Gasteiger partial charge in [-0.1, -0.05) is 12.1 Å². The van der Waals surface area contributed by atoms with Gasteiger partial charge in [-0.25, -0.2) is 4.39 Å². The first-order valence-corrected chi connectivity index (χ1v) is 7.73. The lowest BCUT2D eigenvalue weighted by Crippen LogP contribution is -2.47. The molecule has 0 fully saturated rings. The van der Waals surface area contributed by atoms with Gasteiger partial charge in [-0.15, -0.1) is 0 Å². The molecule has 1 amide bonds. The molecule has 0 radical (unpaired) electrons. The molecule has 0 saturated carbocycles. The number of hydrogen-bond donors (Lipinski definition) is 2. The quantitative estimate of drug-likeness (QED) is 0.898. The molecule has 7 heteroatoms. The Bertz CT molecular complexity index is 684. The van der Waals surface area contributed by atoms with Gasteiger partial charge in [0.25, 0.3) is 0 Å². The zero-order valence-electron chi connectivity index (χ0n) is 13.2. The molecule has 2 atom stereocenters. The molecule has 2 aromatic rings. The molecule has 23 heavy (non-hydrogen) atoms. The Balaban J connectivity index is 1.60. The van der Waals surface area contributed by atoms with Gasteiger partial charge >= 0.3 is 0 Å². The number of nitrogens with zero attached hydrogens (tertiary/aromatic N) is 3. The second kappa shape index (κ2) is 6.45. The van der Waals surface area contributed by atoms with E-state index in [9.17, 15) is 9.18 Å². The smallest absolute Gasteiger partial charge is 0.237 e. The van der Waals surface area contributed by atoms with Crippen LogP contribution in [0.25, 0.3) is 0 Å². The number of fused-ring (bicyclic) bond motifs is 1. The lowest BCUT2D eigenvalue weighted by atomic mass is 10.1. The molecular formula is C16H20FN5O. The van der Waals surface area contributed by atoms with Crippen LogP contribution in [-0.2, 0) is 17.8 Å². The van der Waals surface area contributed by atoms with Crippen LogP contribution in [0, 0.1) is 5.82 Å². The molecule has 0 saturated heterocycles. The number of carbonyl (C=O) groups excluding carboxylic acids is 1. The predicted molar refractivity (Wildman–Crippen MR) is 82.9 cm³/mol. The third kappa shape index (κ3) is 3.39. The second-order valence-corrected chi connectivity index (χ2v) is 5.90. The predicted octanol–water partition coefficient (Wildman–Crippen LogP) is 1.57. The van der Waals surface area contributed by atoms with E-state index in [1.165, 1.54) is 12.1 Å². The first kappa shape index (κ1) is 15.6. The summed E-state index contributed by atoms with van der Waals surface area (Å²) in [4.78, 5) is 14.6. The second-order valence-electron chi connectivity index (χ2n) is 5.90. The third-order valence-corrected chi connectivity index (χ3v) is 4.35. The maximum absolute atomic E-state index is 13.0. The number of hydrogen-bond acceptors (Lipinski definition) is 4. The lowest BCUT2D eigenvalue weighted by molar-refractivity contribution is -0.126. The van der Waals surface area contributed by atoms with Crippen LogP contribution in [0.15, 0.2) is 24.3 Å². The highest BCUT2D eigenvalue weighted by Crippen LogP contribution is 2.18. The maximum Gasteiger partial charge on any atom is 0.237 e. The highest BCUT2D eigenvalue weighted by molar-refractivity contribution is 5.81. The average Bonchev–Trinajstić information content (AvgIpc) is 3.02. The summed E-state index contributed by atoms with van der Waals surface area (Å²) in [5.74, 6) is -0.328. The van der Waals surface area contributed by atoms with Gasteiger partial charge in [0, 0.05) is 19.5 Å². The average molecular weight is 317 g/mol. The summed E-state index contributed by atoms with van der Waals surface area (Å²) < 4.78 is 13.0. The lowest BCUT2D eigenvalue weighted by Gasteiger charge is -2.31. The van der Waals surface area contributed by atoms with Crippen LogP contribution in [-0.4, -0.2) is 38.8 Å².